The summed E-state index contributed by atoms with van der Waals surface area (Å²) in [5, 5.41) is 10.1. The summed E-state index contributed by atoms with van der Waals surface area (Å²) >= 11 is 0. The van der Waals surface area contributed by atoms with Gasteiger partial charge < -0.3 is 14.7 Å². The third-order valence-electron chi connectivity index (χ3n) is 4.14. The fourth-order valence-electron chi connectivity index (χ4n) is 2.72. The second-order valence-electron chi connectivity index (χ2n) is 6.31. The van der Waals surface area contributed by atoms with E-state index in [0.717, 1.165) is 31.6 Å². The Balaban J connectivity index is 1.62. The molecule has 0 spiro atoms. The smallest absolute Gasteiger partial charge is 0.119 e. The van der Waals surface area contributed by atoms with E-state index in [0.29, 0.717) is 13.2 Å². The Morgan fingerprint density at radius 2 is 1.71 bits per heavy atom. The van der Waals surface area contributed by atoms with E-state index in [9.17, 15) is 5.11 Å². The molecule has 0 aliphatic carbocycles. The molecule has 2 aromatic rings. The van der Waals surface area contributed by atoms with E-state index in [1.807, 2.05) is 25.2 Å². The van der Waals surface area contributed by atoms with Crippen molar-refractivity contribution in [1.29, 1.82) is 0 Å². The van der Waals surface area contributed by atoms with Gasteiger partial charge in [-0.25, -0.2) is 0 Å². The maximum atomic E-state index is 10.1. The zero-order valence-corrected chi connectivity index (χ0v) is 14.8. The van der Waals surface area contributed by atoms with Crippen molar-refractivity contribution in [3.05, 3.63) is 65.7 Å². The van der Waals surface area contributed by atoms with Gasteiger partial charge in [0.25, 0.3) is 0 Å². The first-order valence-corrected chi connectivity index (χ1v) is 8.79. The first kappa shape index (κ1) is 18.5. The average molecular weight is 327 g/mol. The van der Waals surface area contributed by atoms with E-state index in [2.05, 4.69) is 48.2 Å². The molecule has 0 amide bonds. The number of nitrogens with zero attached hydrogens (tertiary/aromatic N) is 1. The van der Waals surface area contributed by atoms with E-state index in [-0.39, 0.29) is 0 Å². The standard InChI is InChI=1S/C21H29NO2/c1-3-18-11-13-21(14-12-18)24-17-20(23)16-22(2)15-7-10-19-8-5-4-6-9-19/h4-6,8-9,11-14,20,23H,3,7,10,15-17H2,1-2H3. The number of rotatable bonds is 10. The Morgan fingerprint density at radius 3 is 2.38 bits per heavy atom. The molecule has 24 heavy (non-hydrogen) atoms. The monoisotopic (exact) mass is 327 g/mol. The molecule has 0 saturated carbocycles. The van der Waals surface area contributed by atoms with Gasteiger partial charge in [0.05, 0.1) is 0 Å². The first-order valence-electron chi connectivity index (χ1n) is 8.79. The normalized spacial score (nSPS) is 12.3. The maximum absolute atomic E-state index is 10.1. The molecular weight excluding hydrogens is 298 g/mol. The van der Waals surface area contributed by atoms with Crippen LogP contribution < -0.4 is 4.74 Å². The second-order valence-corrected chi connectivity index (χ2v) is 6.31. The van der Waals surface area contributed by atoms with Crippen LogP contribution >= 0.6 is 0 Å². The molecule has 0 bridgehead atoms. The van der Waals surface area contributed by atoms with Crippen LogP contribution in [0, 0.1) is 0 Å². The molecule has 3 heteroatoms. The molecular formula is C21H29NO2. The number of aryl methyl sites for hydroxylation is 2. The fourth-order valence-corrected chi connectivity index (χ4v) is 2.72. The number of hydrogen-bond acceptors (Lipinski definition) is 3. The minimum absolute atomic E-state index is 0.328. The van der Waals surface area contributed by atoms with Crippen LogP contribution in [-0.2, 0) is 12.8 Å². The van der Waals surface area contributed by atoms with Crippen LogP contribution in [0.4, 0.5) is 0 Å². The molecule has 0 fully saturated rings. The van der Waals surface area contributed by atoms with Crippen molar-refractivity contribution < 1.29 is 9.84 Å². The molecule has 0 aromatic heterocycles. The second kappa shape index (κ2) is 10.1. The number of likely N-dealkylation sites (N-methyl/N-ethyl adjacent to an activating group) is 1. The SMILES string of the molecule is CCc1ccc(OCC(O)CN(C)CCCc2ccccc2)cc1. The first-order chi connectivity index (χ1) is 11.7. The topological polar surface area (TPSA) is 32.7 Å². The van der Waals surface area contributed by atoms with Crippen molar-refractivity contribution in [2.24, 2.45) is 0 Å². The van der Waals surface area contributed by atoms with Crippen LogP contribution in [0.3, 0.4) is 0 Å². The van der Waals surface area contributed by atoms with Crippen molar-refractivity contribution in [3.63, 3.8) is 0 Å². The van der Waals surface area contributed by atoms with E-state index >= 15 is 0 Å². The Hall–Kier alpha value is -1.84. The van der Waals surface area contributed by atoms with Gasteiger partial charge in [-0.1, -0.05) is 49.4 Å². The highest BCUT2D eigenvalue weighted by Crippen LogP contribution is 2.13. The van der Waals surface area contributed by atoms with Crippen LogP contribution in [0.1, 0.15) is 24.5 Å². The predicted molar refractivity (Wildman–Crippen MR) is 99.6 cm³/mol. The summed E-state index contributed by atoms with van der Waals surface area (Å²) in [7, 11) is 2.05. The summed E-state index contributed by atoms with van der Waals surface area (Å²) in [5.41, 5.74) is 2.66. The number of ether oxygens (including phenoxy) is 1. The molecule has 1 atom stereocenters. The van der Waals surface area contributed by atoms with E-state index in [1.165, 1.54) is 11.1 Å². The van der Waals surface area contributed by atoms with Crippen molar-refractivity contribution >= 4 is 0 Å². The van der Waals surface area contributed by atoms with Crippen LogP contribution in [-0.4, -0.2) is 42.9 Å². The molecule has 3 nitrogen and oxygen atoms in total. The predicted octanol–water partition coefficient (Wildman–Crippen LogP) is 3.55. The van der Waals surface area contributed by atoms with E-state index in [4.69, 9.17) is 4.74 Å². The summed E-state index contributed by atoms with van der Waals surface area (Å²) in [4.78, 5) is 2.16. The molecule has 0 aliphatic heterocycles. The zero-order valence-electron chi connectivity index (χ0n) is 14.8. The van der Waals surface area contributed by atoms with Gasteiger partial charge in [-0.05, 0) is 56.1 Å². The lowest BCUT2D eigenvalue weighted by Crippen LogP contribution is -2.33. The van der Waals surface area contributed by atoms with Crippen molar-refractivity contribution in [2.45, 2.75) is 32.3 Å². The summed E-state index contributed by atoms with van der Waals surface area (Å²) < 4.78 is 5.67. The van der Waals surface area contributed by atoms with Crippen LogP contribution in [0.25, 0.3) is 0 Å². The summed E-state index contributed by atoms with van der Waals surface area (Å²) in [6.07, 6.45) is 2.71. The van der Waals surface area contributed by atoms with Gasteiger partial charge >= 0.3 is 0 Å². The lowest BCUT2D eigenvalue weighted by Gasteiger charge is -2.20. The third-order valence-corrected chi connectivity index (χ3v) is 4.14. The molecule has 2 rings (SSSR count). The maximum Gasteiger partial charge on any atom is 0.119 e. The molecule has 2 aromatic carbocycles. The number of aliphatic hydroxyl groups is 1. The van der Waals surface area contributed by atoms with Crippen LogP contribution in [0.2, 0.25) is 0 Å². The van der Waals surface area contributed by atoms with Gasteiger partial charge in [-0.15, -0.1) is 0 Å². The molecule has 130 valence electrons. The Bertz CT molecular complexity index is 568. The molecule has 0 saturated heterocycles. The summed E-state index contributed by atoms with van der Waals surface area (Å²) in [6.45, 7) is 4.06. The highest BCUT2D eigenvalue weighted by atomic mass is 16.5. The molecule has 1 N–H and O–H groups in total. The fraction of sp³-hybridized carbons (Fsp3) is 0.429. The summed E-state index contributed by atoms with van der Waals surface area (Å²) in [5.74, 6) is 0.818. The molecule has 0 heterocycles. The third kappa shape index (κ3) is 6.73. The average Bonchev–Trinajstić information content (AvgIpc) is 2.61. The Labute approximate surface area is 145 Å². The quantitative estimate of drug-likeness (QED) is 0.724. The van der Waals surface area contributed by atoms with Crippen LogP contribution in [0.15, 0.2) is 54.6 Å². The highest BCUT2D eigenvalue weighted by molar-refractivity contribution is 5.27. The Morgan fingerprint density at radius 1 is 1.00 bits per heavy atom. The Kier molecular flexibility index (Phi) is 7.80. The number of hydrogen-bond donors (Lipinski definition) is 1. The largest absolute Gasteiger partial charge is 0.491 e. The van der Waals surface area contributed by atoms with Gasteiger partial charge in [-0.3, -0.25) is 0 Å². The highest BCUT2D eigenvalue weighted by Gasteiger charge is 2.09. The zero-order chi connectivity index (χ0) is 17.2. The molecule has 0 radical (unpaired) electrons. The lowest BCUT2D eigenvalue weighted by molar-refractivity contribution is 0.0761. The van der Waals surface area contributed by atoms with E-state index < -0.39 is 6.10 Å². The minimum atomic E-state index is -0.474. The van der Waals surface area contributed by atoms with Gasteiger partial charge in [0.2, 0.25) is 0 Å². The molecule has 0 aliphatic rings. The van der Waals surface area contributed by atoms with Crippen molar-refractivity contribution in [3.8, 4) is 5.75 Å². The number of benzene rings is 2. The van der Waals surface area contributed by atoms with Gasteiger partial charge in [0, 0.05) is 6.54 Å². The van der Waals surface area contributed by atoms with Gasteiger partial charge in [-0.2, -0.15) is 0 Å². The van der Waals surface area contributed by atoms with Crippen LogP contribution in [0.5, 0.6) is 5.75 Å². The number of aliphatic hydroxyl groups excluding tert-OH is 1. The molecule has 1 unspecified atom stereocenters. The minimum Gasteiger partial charge on any atom is -0.491 e. The lowest BCUT2D eigenvalue weighted by atomic mass is 10.1. The summed E-state index contributed by atoms with van der Waals surface area (Å²) in [6, 6.07) is 18.6. The van der Waals surface area contributed by atoms with E-state index in [1.54, 1.807) is 0 Å². The van der Waals surface area contributed by atoms with Crippen molar-refractivity contribution in [2.75, 3.05) is 26.7 Å². The van der Waals surface area contributed by atoms with Crippen molar-refractivity contribution in [1.82, 2.24) is 4.90 Å². The van der Waals surface area contributed by atoms with Gasteiger partial charge in [0.15, 0.2) is 0 Å². The van der Waals surface area contributed by atoms with Gasteiger partial charge in [0.1, 0.15) is 18.5 Å².